The third-order valence-electron chi connectivity index (χ3n) is 3.56. The molecule has 0 heterocycles. The molecule has 18 heavy (non-hydrogen) atoms. The Bertz CT molecular complexity index is 401. The zero-order chi connectivity index (χ0) is 13.0. The third kappa shape index (κ3) is 3.90. The van der Waals surface area contributed by atoms with Gasteiger partial charge in [0.05, 0.1) is 0 Å². The first-order chi connectivity index (χ1) is 8.69. The van der Waals surface area contributed by atoms with Crippen molar-refractivity contribution in [3.05, 3.63) is 34.3 Å². The molecule has 0 saturated heterocycles. The van der Waals surface area contributed by atoms with Gasteiger partial charge in [0.25, 0.3) is 0 Å². The molecule has 1 N–H and O–H groups in total. The van der Waals surface area contributed by atoms with Crippen LogP contribution in [0.2, 0.25) is 0 Å². The van der Waals surface area contributed by atoms with Crippen LogP contribution in [0.15, 0.2) is 28.7 Å². The Morgan fingerprint density at radius 3 is 2.61 bits per heavy atom. The van der Waals surface area contributed by atoms with Crippen LogP contribution in [0.25, 0.3) is 0 Å². The molecule has 2 nitrogen and oxygen atoms in total. The molecule has 0 bridgehead atoms. The second-order valence-electron chi connectivity index (χ2n) is 4.80. The average Bonchev–Trinajstić information content (AvgIpc) is 2.33. The van der Waals surface area contributed by atoms with E-state index in [0.29, 0.717) is 12.0 Å². The van der Waals surface area contributed by atoms with Crippen molar-refractivity contribution in [1.82, 2.24) is 5.32 Å². The van der Waals surface area contributed by atoms with Crippen LogP contribution in [0.1, 0.15) is 31.2 Å². The van der Waals surface area contributed by atoms with Gasteiger partial charge in [-0.05, 0) is 36.5 Å². The molecule has 1 aromatic carbocycles. The predicted molar refractivity (Wildman–Crippen MR) is 81.5 cm³/mol. The summed E-state index contributed by atoms with van der Waals surface area (Å²) in [6.07, 6.45) is 2.42. The van der Waals surface area contributed by atoms with E-state index in [1.807, 2.05) is 6.92 Å². The van der Waals surface area contributed by atoms with Crippen LogP contribution in [-0.4, -0.2) is 28.3 Å². The van der Waals surface area contributed by atoms with Crippen LogP contribution in [-0.2, 0) is 10.8 Å². The number of halogens is 1. The van der Waals surface area contributed by atoms with Gasteiger partial charge in [-0.2, -0.15) is 0 Å². The van der Waals surface area contributed by atoms with Gasteiger partial charge in [0, 0.05) is 39.4 Å². The van der Waals surface area contributed by atoms with E-state index in [0.717, 1.165) is 22.5 Å². The summed E-state index contributed by atoms with van der Waals surface area (Å²) in [5.41, 5.74) is 1.44. The Morgan fingerprint density at radius 2 is 2.00 bits per heavy atom. The van der Waals surface area contributed by atoms with Gasteiger partial charge in [-0.1, -0.05) is 35.0 Å². The number of hydrogen-bond donors (Lipinski definition) is 1. The zero-order valence-corrected chi connectivity index (χ0v) is 13.1. The Balaban J connectivity index is 1.67. The van der Waals surface area contributed by atoms with Crippen molar-refractivity contribution in [1.29, 1.82) is 0 Å². The maximum absolute atomic E-state index is 11.3. The SMILES string of the molecule is CCS(=O)CCNC1CC(c2ccc(Br)cc2)C1. The highest BCUT2D eigenvalue weighted by Gasteiger charge is 2.29. The second-order valence-corrected chi connectivity index (χ2v) is 7.58. The Kier molecular flexibility index (Phi) is 5.39. The summed E-state index contributed by atoms with van der Waals surface area (Å²) >= 11 is 3.46. The van der Waals surface area contributed by atoms with Gasteiger partial charge in [-0.3, -0.25) is 4.21 Å². The lowest BCUT2D eigenvalue weighted by Gasteiger charge is -2.36. The van der Waals surface area contributed by atoms with E-state index in [4.69, 9.17) is 0 Å². The molecule has 0 spiro atoms. The van der Waals surface area contributed by atoms with Crippen molar-refractivity contribution < 1.29 is 4.21 Å². The lowest BCUT2D eigenvalue weighted by atomic mass is 9.76. The maximum atomic E-state index is 11.3. The molecule has 0 radical (unpaired) electrons. The molecule has 1 saturated carbocycles. The van der Waals surface area contributed by atoms with Crippen LogP contribution in [0, 0.1) is 0 Å². The lowest BCUT2D eigenvalue weighted by molar-refractivity contribution is 0.296. The molecular formula is C14H20BrNOS. The summed E-state index contributed by atoms with van der Waals surface area (Å²) in [6.45, 7) is 2.86. The lowest BCUT2D eigenvalue weighted by Crippen LogP contribution is -2.41. The quantitative estimate of drug-likeness (QED) is 0.869. The summed E-state index contributed by atoms with van der Waals surface area (Å²) in [4.78, 5) is 0. The minimum absolute atomic E-state index is 0.618. The summed E-state index contributed by atoms with van der Waals surface area (Å²) in [5, 5.41) is 3.49. The van der Waals surface area contributed by atoms with Crippen LogP contribution in [0.5, 0.6) is 0 Å². The zero-order valence-electron chi connectivity index (χ0n) is 10.7. The summed E-state index contributed by atoms with van der Waals surface area (Å²) in [6, 6.07) is 9.25. The molecule has 0 amide bonds. The Hall–Kier alpha value is -0.190. The molecule has 100 valence electrons. The third-order valence-corrected chi connectivity index (χ3v) is 5.40. The van der Waals surface area contributed by atoms with Gasteiger partial charge < -0.3 is 5.32 Å². The van der Waals surface area contributed by atoms with Crippen molar-refractivity contribution in [2.45, 2.75) is 31.7 Å². The standard InChI is InChI=1S/C14H20BrNOS/c1-2-18(17)8-7-16-14-9-12(10-14)11-3-5-13(15)6-4-11/h3-6,12,14,16H,2,7-10H2,1H3. The molecule has 4 heteroatoms. The number of benzene rings is 1. The monoisotopic (exact) mass is 329 g/mol. The number of rotatable bonds is 6. The van der Waals surface area contributed by atoms with Gasteiger partial charge in [-0.25, -0.2) is 0 Å². The minimum Gasteiger partial charge on any atom is -0.313 e. The van der Waals surface area contributed by atoms with Gasteiger partial charge in [-0.15, -0.1) is 0 Å². The maximum Gasteiger partial charge on any atom is 0.0360 e. The van der Waals surface area contributed by atoms with E-state index < -0.39 is 10.8 Å². The van der Waals surface area contributed by atoms with Crippen molar-refractivity contribution in [2.24, 2.45) is 0 Å². The number of nitrogens with one attached hydrogen (secondary N) is 1. The molecule has 0 aliphatic heterocycles. The Morgan fingerprint density at radius 1 is 1.33 bits per heavy atom. The largest absolute Gasteiger partial charge is 0.313 e. The average molecular weight is 330 g/mol. The topological polar surface area (TPSA) is 29.1 Å². The molecule has 1 aliphatic rings. The number of hydrogen-bond acceptors (Lipinski definition) is 2. The highest BCUT2D eigenvalue weighted by Crippen LogP contribution is 2.37. The highest BCUT2D eigenvalue weighted by molar-refractivity contribution is 9.10. The van der Waals surface area contributed by atoms with Crippen LogP contribution < -0.4 is 5.32 Å². The fraction of sp³-hybridized carbons (Fsp3) is 0.571. The molecule has 1 atom stereocenters. The van der Waals surface area contributed by atoms with Crippen LogP contribution >= 0.6 is 15.9 Å². The van der Waals surface area contributed by atoms with Crippen molar-refractivity contribution in [2.75, 3.05) is 18.1 Å². The smallest absolute Gasteiger partial charge is 0.0360 e. The van der Waals surface area contributed by atoms with Crippen LogP contribution in [0.4, 0.5) is 0 Å². The molecule has 1 aliphatic carbocycles. The fourth-order valence-electron chi connectivity index (χ4n) is 2.31. The molecule has 1 fully saturated rings. The van der Waals surface area contributed by atoms with Gasteiger partial charge in [0.1, 0.15) is 0 Å². The van der Waals surface area contributed by atoms with Crippen LogP contribution in [0.3, 0.4) is 0 Å². The van der Waals surface area contributed by atoms with E-state index in [1.54, 1.807) is 0 Å². The molecule has 0 aromatic heterocycles. The second kappa shape index (κ2) is 6.83. The molecule has 1 unspecified atom stereocenters. The fourth-order valence-corrected chi connectivity index (χ4v) is 3.21. The van der Waals surface area contributed by atoms with Gasteiger partial charge in [0.15, 0.2) is 0 Å². The summed E-state index contributed by atoms with van der Waals surface area (Å²) in [5.74, 6) is 2.26. The first-order valence-electron chi connectivity index (χ1n) is 6.53. The Labute approximate surface area is 120 Å². The predicted octanol–water partition coefficient (Wildman–Crippen LogP) is 3.05. The normalized spacial score (nSPS) is 24.6. The molecular weight excluding hydrogens is 310 g/mol. The molecule has 2 rings (SSSR count). The summed E-state index contributed by atoms with van der Waals surface area (Å²) < 4.78 is 12.4. The van der Waals surface area contributed by atoms with E-state index in [1.165, 1.54) is 18.4 Å². The minimum atomic E-state index is -0.636. The van der Waals surface area contributed by atoms with E-state index in [2.05, 4.69) is 45.5 Å². The van der Waals surface area contributed by atoms with Crippen molar-refractivity contribution >= 4 is 26.7 Å². The van der Waals surface area contributed by atoms with E-state index in [9.17, 15) is 4.21 Å². The van der Waals surface area contributed by atoms with Gasteiger partial charge in [0.2, 0.25) is 0 Å². The van der Waals surface area contributed by atoms with E-state index >= 15 is 0 Å². The summed E-state index contributed by atoms with van der Waals surface area (Å²) in [7, 11) is -0.636. The highest BCUT2D eigenvalue weighted by atomic mass is 79.9. The van der Waals surface area contributed by atoms with E-state index in [-0.39, 0.29) is 0 Å². The first kappa shape index (κ1) is 14.2. The van der Waals surface area contributed by atoms with Crippen molar-refractivity contribution in [3.8, 4) is 0 Å². The molecule has 1 aromatic rings. The first-order valence-corrected chi connectivity index (χ1v) is 8.81. The van der Waals surface area contributed by atoms with Gasteiger partial charge >= 0.3 is 0 Å². The van der Waals surface area contributed by atoms with Crippen molar-refractivity contribution in [3.63, 3.8) is 0 Å².